The zero-order chi connectivity index (χ0) is 15.0. The topological polar surface area (TPSA) is 57.8 Å². The Bertz CT molecular complexity index is 779. The summed E-state index contributed by atoms with van der Waals surface area (Å²) >= 11 is 13.0. The number of hydrogen-bond acceptors (Lipinski definition) is 3. The van der Waals surface area contributed by atoms with Crippen LogP contribution in [0, 0.1) is 0 Å². The number of carbonyl (C=O) groups is 1. The van der Waals surface area contributed by atoms with E-state index < -0.39 is 0 Å². The fourth-order valence-corrected chi connectivity index (χ4v) is 3.47. The van der Waals surface area contributed by atoms with Crippen LogP contribution in [-0.4, -0.2) is 15.9 Å². The average molecular weight is 340 g/mol. The molecule has 1 amide bonds. The predicted octanol–water partition coefficient (Wildman–Crippen LogP) is 4.42. The standard InChI is InChI=1S/C14H11Cl2N3OS/c1-7(13-18-9-4-2-3-5-10(9)19-13)17-14(20)8-6-11(15)21-12(8)16/h2-7H,1H3,(H,17,20)(H,18,19)/t7-/m0/s1. The highest BCUT2D eigenvalue weighted by Crippen LogP contribution is 2.31. The molecule has 3 aromatic rings. The lowest BCUT2D eigenvalue weighted by atomic mass is 10.2. The van der Waals surface area contributed by atoms with Crippen molar-refractivity contribution in [2.24, 2.45) is 0 Å². The summed E-state index contributed by atoms with van der Waals surface area (Å²) in [5.41, 5.74) is 2.19. The van der Waals surface area contributed by atoms with Gasteiger partial charge in [-0.3, -0.25) is 4.79 Å². The van der Waals surface area contributed by atoms with Crippen LogP contribution in [0.25, 0.3) is 11.0 Å². The monoisotopic (exact) mass is 339 g/mol. The number of halogens is 2. The van der Waals surface area contributed by atoms with Crippen molar-refractivity contribution in [3.05, 3.63) is 50.4 Å². The summed E-state index contributed by atoms with van der Waals surface area (Å²) in [6.45, 7) is 1.86. The molecule has 0 saturated heterocycles. The Morgan fingerprint density at radius 2 is 2.14 bits per heavy atom. The maximum absolute atomic E-state index is 12.2. The molecule has 3 rings (SSSR count). The normalized spacial score (nSPS) is 12.5. The van der Waals surface area contributed by atoms with E-state index in [2.05, 4.69) is 15.3 Å². The molecule has 7 heteroatoms. The summed E-state index contributed by atoms with van der Waals surface area (Å²) in [7, 11) is 0. The van der Waals surface area contributed by atoms with E-state index in [9.17, 15) is 4.79 Å². The molecular weight excluding hydrogens is 329 g/mol. The molecule has 0 radical (unpaired) electrons. The Morgan fingerprint density at radius 1 is 1.38 bits per heavy atom. The van der Waals surface area contributed by atoms with Crippen LogP contribution in [0.3, 0.4) is 0 Å². The van der Waals surface area contributed by atoms with E-state index in [0.717, 1.165) is 11.0 Å². The molecule has 21 heavy (non-hydrogen) atoms. The van der Waals surface area contributed by atoms with E-state index >= 15 is 0 Å². The molecule has 0 bridgehead atoms. The summed E-state index contributed by atoms with van der Waals surface area (Å²) < 4.78 is 0.871. The van der Waals surface area contributed by atoms with E-state index in [-0.39, 0.29) is 11.9 Å². The van der Waals surface area contributed by atoms with Crippen LogP contribution in [0.1, 0.15) is 29.1 Å². The molecule has 0 fully saturated rings. The van der Waals surface area contributed by atoms with Gasteiger partial charge in [-0.2, -0.15) is 0 Å². The number of benzene rings is 1. The van der Waals surface area contributed by atoms with Crippen LogP contribution in [0.2, 0.25) is 8.67 Å². The van der Waals surface area contributed by atoms with Crippen molar-refractivity contribution < 1.29 is 4.79 Å². The maximum atomic E-state index is 12.2. The number of nitrogens with zero attached hydrogens (tertiary/aromatic N) is 1. The quantitative estimate of drug-likeness (QED) is 0.741. The smallest absolute Gasteiger partial charge is 0.254 e. The second-order valence-corrected chi connectivity index (χ2v) is 6.86. The van der Waals surface area contributed by atoms with Gasteiger partial charge < -0.3 is 10.3 Å². The third-order valence-electron chi connectivity index (χ3n) is 3.07. The summed E-state index contributed by atoms with van der Waals surface area (Å²) in [5, 5.41) is 2.86. The molecule has 0 spiro atoms. The van der Waals surface area contributed by atoms with Crippen LogP contribution in [0.4, 0.5) is 0 Å². The lowest BCUT2D eigenvalue weighted by molar-refractivity contribution is 0.0939. The second-order valence-electron chi connectivity index (χ2n) is 4.57. The van der Waals surface area contributed by atoms with Crippen molar-refractivity contribution in [3.63, 3.8) is 0 Å². The Morgan fingerprint density at radius 3 is 2.81 bits per heavy atom. The number of amides is 1. The lowest BCUT2D eigenvalue weighted by Gasteiger charge is -2.10. The Hall–Kier alpha value is -1.56. The first-order valence-corrected chi connectivity index (χ1v) is 7.82. The molecule has 0 aliphatic rings. The highest BCUT2D eigenvalue weighted by Gasteiger charge is 2.18. The number of thiophene rings is 1. The molecule has 0 aliphatic carbocycles. The van der Waals surface area contributed by atoms with Gasteiger partial charge in [0.15, 0.2) is 0 Å². The first kappa shape index (κ1) is 14.4. The molecule has 2 heterocycles. The summed E-state index contributed by atoms with van der Waals surface area (Å²) in [6.07, 6.45) is 0. The van der Waals surface area contributed by atoms with Gasteiger partial charge in [0.05, 0.1) is 27.0 Å². The number of aromatic nitrogens is 2. The van der Waals surface area contributed by atoms with Crippen molar-refractivity contribution in [1.29, 1.82) is 0 Å². The highest BCUT2D eigenvalue weighted by molar-refractivity contribution is 7.20. The summed E-state index contributed by atoms with van der Waals surface area (Å²) in [4.78, 5) is 19.8. The number of rotatable bonds is 3. The highest BCUT2D eigenvalue weighted by atomic mass is 35.5. The zero-order valence-corrected chi connectivity index (χ0v) is 13.3. The van der Waals surface area contributed by atoms with Gasteiger partial charge in [0, 0.05) is 0 Å². The fourth-order valence-electron chi connectivity index (χ4n) is 2.02. The van der Waals surface area contributed by atoms with Gasteiger partial charge in [0.2, 0.25) is 0 Å². The summed E-state index contributed by atoms with van der Waals surface area (Å²) in [6, 6.07) is 9.01. The Labute approximate surface area is 135 Å². The SMILES string of the molecule is C[C@H](NC(=O)c1cc(Cl)sc1Cl)c1nc2ccccc2[nH]1. The van der Waals surface area contributed by atoms with Gasteiger partial charge in [-0.25, -0.2) is 4.98 Å². The minimum Gasteiger partial charge on any atom is -0.342 e. The maximum Gasteiger partial charge on any atom is 0.254 e. The Kier molecular flexibility index (Phi) is 3.89. The molecule has 1 aromatic carbocycles. The minimum atomic E-state index is -0.267. The number of para-hydroxylation sites is 2. The fraction of sp³-hybridized carbons (Fsp3) is 0.143. The van der Waals surface area contributed by atoms with Crippen molar-refractivity contribution in [3.8, 4) is 0 Å². The van der Waals surface area contributed by atoms with Crippen molar-refractivity contribution in [2.75, 3.05) is 0 Å². The molecule has 0 saturated carbocycles. The molecular formula is C14H11Cl2N3OS. The number of hydrogen-bond donors (Lipinski definition) is 2. The number of nitrogens with one attached hydrogen (secondary N) is 2. The largest absolute Gasteiger partial charge is 0.342 e. The van der Waals surface area contributed by atoms with Gasteiger partial charge in [-0.1, -0.05) is 35.3 Å². The minimum absolute atomic E-state index is 0.264. The van der Waals surface area contributed by atoms with E-state index in [1.165, 1.54) is 11.3 Å². The van der Waals surface area contributed by atoms with Crippen LogP contribution < -0.4 is 5.32 Å². The summed E-state index contributed by atoms with van der Waals surface area (Å²) in [5.74, 6) is 0.429. The second kappa shape index (κ2) is 5.67. The van der Waals surface area contributed by atoms with Crippen LogP contribution in [0.15, 0.2) is 30.3 Å². The number of aromatic amines is 1. The third kappa shape index (κ3) is 2.90. The average Bonchev–Trinajstić information content (AvgIpc) is 3.01. The number of fused-ring (bicyclic) bond motifs is 1. The zero-order valence-electron chi connectivity index (χ0n) is 11.0. The lowest BCUT2D eigenvalue weighted by Crippen LogP contribution is -2.27. The van der Waals surface area contributed by atoms with Crippen LogP contribution in [-0.2, 0) is 0 Å². The van der Waals surface area contributed by atoms with Gasteiger partial charge in [-0.05, 0) is 25.1 Å². The first-order valence-electron chi connectivity index (χ1n) is 6.25. The van der Waals surface area contributed by atoms with E-state index in [0.29, 0.717) is 20.1 Å². The Balaban J connectivity index is 1.81. The van der Waals surface area contributed by atoms with Gasteiger partial charge >= 0.3 is 0 Å². The first-order chi connectivity index (χ1) is 10.0. The molecule has 2 aromatic heterocycles. The number of imidazole rings is 1. The molecule has 0 aliphatic heterocycles. The third-order valence-corrected chi connectivity index (χ3v) is 4.55. The number of carbonyl (C=O) groups excluding carboxylic acids is 1. The van der Waals surface area contributed by atoms with Gasteiger partial charge in [0.25, 0.3) is 5.91 Å². The van der Waals surface area contributed by atoms with Crippen molar-refractivity contribution in [2.45, 2.75) is 13.0 Å². The van der Waals surface area contributed by atoms with Gasteiger partial charge in [0.1, 0.15) is 10.2 Å². The van der Waals surface area contributed by atoms with Gasteiger partial charge in [-0.15, -0.1) is 11.3 Å². The van der Waals surface area contributed by atoms with E-state index in [1.54, 1.807) is 6.07 Å². The molecule has 4 nitrogen and oxygen atoms in total. The van der Waals surface area contributed by atoms with Crippen molar-refractivity contribution >= 4 is 51.5 Å². The van der Waals surface area contributed by atoms with Crippen LogP contribution in [0.5, 0.6) is 0 Å². The number of H-pyrrole nitrogens is 1. The predicted molar refractivity (Wildman–Crippen MR) is 86.3 cm³/mol. The van der Waals surface area contributed by atoms with Crippen molar-refractivity contribution in [1.82, 2.24) is 15.3 Å². The molecule has 2 N–H and O–H groups in total. The van der Waals surface area contributed by atoms with E-state index in [1.807, 2.05) is 31.2 Å². The van der Waals surface area contributed by atoms with E-state index in [4.69, 9.17) is 23.2 Å². The molecule has 108 valence electrons. The van der Waals surface area contributed by atoms with Crippen LogP contribution >= 0.6 is 34.5 Å². The molecule has 1 atom stereocenters. The molecule has 0 unspecified atom stereocenters.